The Balaban J connectivity index is 0.000000487. The molecule has 0 unspecified atom stereocenters. The normalized spacial score (nSPS) is 8.31. The van der Waals surface area contributed by atoms with Gasteiger partial charge in [0.2, 0.25) is 0 Å². The first-order valence-corrected chi connectivity index (χ1v) is 4.91. The Morgan fingerprint density at radius 1 is 1.38 bits per heavy atom. The molecule has 0 aliphatic rings. The average molecular weight is 291 g/mol. The van der Waals surface area contributed by atoms with Crippen LogP contribution in [0.5, 0.6) is 0 Å². The molecule has 7 heteroatoms. The van der Waals surface area contributed by atoms with Crippen molar-refractivity contribution in [2.75, 3.05) is 0 Å². The highest BCUT2D eigenvalue weighted by atomic mass is 79.9. The van der Waals surface area contributed by atoms with E-state index in [0.29, 0.717) is 0 Å². The van der Waals surface area contributed by atoms with Crippen molar-refractivity contribution in [2.24, 2.45) is 5.73 Å². The number of ether oxygens (including phenoxy) is 1. The Hall–Kier alpha value is -1.76. The zero-order chi connectivity index (χ0) is 12.4. The van der Waals surface area contributed by atoms with E-state index in [-0.39, 0.29) is 6.61 Å². The summed E-state index contributed by atoms with van der Waals surface area (Å²) in [6, 6.07) is 9.48. The molecule has 0 radical (unpaired) electrons. The highest BCUT2D eigenvalue weighted by Gasteiger charge is 1.97. The molecule has 0 aliphatic heterocycles. The second-order valence-electron chi connectivity index (χ2n) is 2.49. The van der Waals surface area contributed by atoms with Gasteiger partial charge in [0.15, 0.2) is 0 Å². The minimum atomic E-state index is -1.33. The molecule has 0 fully saturated rings. The minimum Gasteiger partial charge on any atom is -0.465 e. The first kappa shape index (κ1) is 14.2. The Kier molecular flexibility index (Phi) is 7.60. The number of carbonyl (C=O) groups excluding carboxylic acids is 1. The first-order valence-electron chi connectivity index (χ1n) is 4.12. The predicted octanol–water partition coefficient (Wildman–Crippen LogP) is 1.85. The fraction of sp³-hybridized carbons (Fsp3) is 0.111. The summed E-state index contributed by atoms with van der Waals surface area (Å²) in [5.41, 5.74) is 4.99. The molecule has 0 aliphatic carbocycles. The van der Waals surface area contributed by atoms with Gasteiger partial charge in [-0.25, -0.2) is 9.59 Å². The van der Waals surface area contributed by atoms with Crippen LogP contribution >= 0.6 is 16.1 Å². The summed E-state index contributed by atoms with van der Waals surface area (Å²) in [6.45, 7) is 0.290. The maximum Gasteiger partial charge on any atom is 0.417 e. The second-order valence-corrected chi connectivity index (χ2v) is 2.89. The molecule has 6 nitrogen and oxygen atoms in total. The third-order valence-electron chi connectivity index (χ3n) is 1.29. The van der Waals surface area contributed by atoms with Gasteiger partial charge in [0, 0.05) is 0 Å². The van der Waals surface area contributed by atoms with E-state index in [2.05, 4.69) is 26.2 Å². The van der Waals surface area contributed by atoms with E-state index >= 15 is 0 Å². The zero-order valence-corrected chi connectivity index (χ0v) is 9.81. The number of carbonyl (C=O) groups is 2. The van der Waals surface area contributed by atoms with Crippen LogP contribution in [0.3, 0.4) is 0 Å². The lowest BCUT2D eigenvalue weighted by Gasteiger charge is -2.01. The number of rotatable bonds is 2. The molecule has 88 valence electrons. The van der Waals surface area contributed by atoms with Gasteiger partial charge in [-0.1, -0.05) is 30.3 Å². The van der Waals surface area contributed by atoms with Crippen LogP contribution in [0, 0.1) is 0 Å². The summed E-state index contributed by atoms with van der Waals surface area (Å²) >= 11 is 2.76. The third-order valence-corrected chi connectivity index (χ3v) is 1.61. The molecule has 0 heterocycles. The minimum absolute atomic E-state index is 0.290. The number of primary amides is 1. The van der Waals surface area contributed by atoms with Crippen LogP contribution in [0.25, 0.3) is 0 Å². The predicted molar refractivity (Wildman–Crippen MR) is 60.9 cm³/mol. The third kappa shape index (κ3) is 8.82. The van der Waals surface area contributed by atoms with Gasteiger partial charge in [0.1, 0.15) is 6.61 Å². The monoisotopic (exact) mass is 290 g/mol. The summed E-state index contributed by atoms with van der Waals surface area (Å²) < 4.78 is 6.97. The summed E-state index contributed by atoms with van der Waals surface area (Å²) in [4.78, 5) is 19.4. The van der Waals surface area contributed by atoms with Crippen LogP contribution in [-0.4, -0.2) is 17.3 Å². The van der Waals surface area contributed by atoms with Crippen molar-refractivity contribution in [3.05, 3.63) is 35.9 Å². The molecule has 1 rings (SSSR count). The molecule has 0 bridgehead atoms. The number of hydrogen-bond donors (Lipinski definition) is 3. The molecular formula is C9H11BrN2O4. The van der Waals surface area contributed by atoms with Crippen molar-refractivity contribution in [3.8, 4) is 0 Å². The number of nitrogens with one attached hydrogen (secondary N) is 1. The number of carboxylic acid groups (broad SMARTS) is 1. The molecule has 0 atom stereocenters. The Bertz CT molecular complexity index is 328. The van der Waals surface area contributed by atoms with Crippen molar-refractivity contribution in [3.63, 3.8) is 0 Å². The van der Waals surface area contributed by atoms with Gasteiger partial charge in [0.25, 0.3) is 0 Å². The van der Waals surface area contributed by atoms with E-state index in [4.69, 9.17) is 14.6 Å². The van der Waals surface area contributed by atoms with Crippen LogP contribution in [0.4, 0.5) is 9.59 Å². The van der Waals surface area contributed by atoms with E-state index in [0.717, 1.165) is 5.56 Å². The van der Waals surface area contributed by atoms with Crippen molar-refractivity contribution in [1.29, 1.82) is 0 Å². The number of hydrogen-bond acceptors (Lipinski definition) is 3. The second kappa shape index (κ2) is 8.54. The van der Waals surface area contributed by atoms with Gasteiger partial charge in [-0.05, 0) is 5.56 Å². The maximum absolute atomic E-state index is 10.6. The fourth-order valence-corrected chi connectivity index (χ4v) is 0.865. The van der Waals surface area contributed by atoms with Crippen molar-refractivity contribution in [1.82, 2.24) is 4.34 Å². The number of nitrogens with two attached hydrogens (primary N) is 1. The van der Waals surface area contributed by atoms with Crippen LogP contribution in [-0.2, 0) is 11.3 Å². The Morgan fingerprint density at radius 2 is 1.88 bits per heavy atom. The topological polar surface area (TPSA) is 102 Å². The molecule has 0 spiro atoms. The van der Waals surface area contributed by atoms with Crippen LogP contribution in [0.15, 0.2) is 30.3 Å². The summed E-state index contributed by atoms with van der Waals surface area (Å²) in [5.74, 6) is 0. The Morgan fingerprint density at radius 3 is 2.31 bits per heavy atom. The summed E-state index contributed by atoms with van der Waals surface area (Å²) in [5, 5.41) is 7.19. The summed E-state index contributed by atoms with van der Waals surface area (Å²) in [7, 11) is 0. The van der Waals surface area contributed by atoms with Crippen molar-refractivity contribution in [2.45, 2.75) is 6.61 Å². The van der Waals surface area contributed by atoms with Crippen molar-refractivity contribution < 1.29 is 19.4 Å². The molecule has 0 saturated carbocycles. The van der Waals surface area contributed by atoms with Gasteiger partial charge in [-0.15, -0.1) is 0 Å². The molecular weight excluding hydrogens is 280 g/mol. The van der Waals surface area contributed by atoms with Gasteiger partial charge in [-0.3, -0.25) is 4.34 Å². The van der Waals surface area contributed by atoms with Gasteiger partial charge < -0.3 is 15.6 Å². The molecule has 0 aromatic heterocycles. The van der Waals surface area contributed by atoms with E-state index in [9.17, 15) is 4.79 Å². The first-order chi connectivity index (χ1) is 7.56. The number of amides is 2. The molecule has 1 aromatic carbocycles. The molecule has 0 saturated heterocycles. The van der Waals surface area contributed by atoms with Gasteiger partial charge in [0.05, 0.1) is 16.1 Å². The number of benzene rings is 1. The number of halogens is 1. The summed E-state index contributed by atoms with van der Waals surface area (Å²) in [6.07, 6.45) is -1.82. The largest absolute Gasteiger partial charge is 0.465 e. The highest BCUT2D eigenvalue weighted by Crippen LogP contribution is 2.00. The highest BCUT2D eigenvalue weighted by molar-refractivity contribution is 9.08. The standard InChI is InChI=1S/C8H8BrNO2.CH3NO2/c9-10-8(11)12-6-7-4-2-1-3-5-7;2-1(3)4/h1-5H,6H2,(H,10,11);2H2,(H,3,4). The van der Waals surface area contributed by atoms with Gasteiger partial charge in [-0.2, -0.15) is 0 Å². The molecule has 4 N–H and O–H groups in total. The van der Waals surface area contributed by atoms with Crippen LogP contribution in [0.1, 0.15) is 5.56 Å². The van der Waals surface area contributed by atoms with Gasteiger partial charge >= 0.3 is 12.2 Å². The lowest BCUT2D eigenvalue weighted by atomic mass is 10.2. The SMILES string of the molecule is NC(=O)O.O=C(NBr)OCc1ccccc1. The average Bonchev–Trinajstić information content (AvgIpc) is 2.26. The zero-order valence-electron chi connectivity index (χ0n) is 8.22. The lowest BCUT2D eigenvalue weighted by Crippen LogP contribution is -2.13. The fourth-order valence-electron chi connectivity index (χ4n) is 0.750. The van der Waals surface area contributed by atoms with Crippen LogP contribution < -0.4 is 10.1 Å². The van der Waals surface area contributed by atoms with E-state index in [1.54, 1.807) is 0 Å². The smallest absolute Gasteiger partial charge is 0.417 e. The molecule has 2 amide bonds. The quantitative estimate of drug-likeness (QED) is 0.723. The lowest BCUT2D eigenvalue weighted by molar-refractivity contribution is 0.147. The van der Waals surface area contributed by atoms with Crippen molar-refractivity contribution >= 4 is 28.3 Å². The maximum atomic E-state index is 10.6. The van der Waals surface area contributed by atoms with E-state index < -0.39 is 12.2 Å². The van der Waals surface area contributed by atoms with E-state index in [1.807, 2.05) is 30.3 Å². The Labute approximate surface area is 101 Å². The van der Waals surface area contributed by atoms with Crippen LogP contribution in [0.2, 0.25) is 0 Å². The molecule has 16 heavy (non-hydrogen) atoms. The van der Waals surface area contributed by atoms with E-state index in [1.165, 1.54) is 0 Å². The molecule has 1 aromatic rings.